The maximum atomic E-state index is 13.9. The lowest BCUT2D eigenvalue weighted by atomic mass is 10.2. The molecule has 1 aromatic heterocycles. The molecule has 2 heterocycles. The second kappa shape index (κ2) is 5.00. The summed E-state index contributed by atoms with van der Waals surface area (Å²) >= 11 is 6.22. The molecule has 0 aliphatic carbocycles. The van der Waals surface area contributed by atoms with Crippen LogP contribution in [0.25, 0.3) is 11.0 Å². The van der Waals surface area contributed by atoms with Crippen LogP contribution in [0.3, 0.4) is 0 Å². The van der Waals surface area contributed by atoms with Gasteiger partial charge >= 0.3 is 0 Å². The summed E-state index contributed by atoms with van der Waals surface area (Å²) in [6.07, 6.45) is 3.57. The molecule has 0 saturated carbocycles. The van der Waals surface area contributed by atoms with Gasteiger partial charge < -0.3 is 5.01 Å². The zero-order chi connectivity index (χ0) is 13.4. The highest BCUT2D eigenvalue weighted by Gasteiger charge is 2.22. The van der Waals surface area contributed by atoms with Gasteiger partial charge in [-0.3, -0.25) is 0 Å². The molecular weight excluding hydrogens is 265 g/mol. The molecule has 3 nitrogen and oxygen atoms in total. The Bertz CT molecular complexity index is 588. The van der Waals surface area contributed by atoms with Gasteiger partial charge in [0.25, 0.3) is 0 Å². The van der Waals surface area contributed by atoms with E-state index < -0.39 is 0 Å². The standard InChI is InChI=1S/C14H17ClFN3/c1-10(15)14-17-13-11(16)6-5-7-12(13)19(14)18-8-3-2-4-9-18/h5-7,10H,2-4,8-9H2,1H3. The SMILES string of the molecule is CC(Cl)c1nc2c(F)cccc2n1N1CCCCC1. The number of rotatable bonds is 2. The maximum absolute atomic E-state index is 13.9. The number of hydrogen-bond acceptors (Lipinski definition) is 2. The smallest absolute Gasteiger partial charge is 0.151 e. The molecule has 0 amide bonds. The van der Waals surface area contributed by atoms with Crippen molar-refractivity contribution in [2.75, 3.05) is 18.1 Å². The van der Waals surface area contributed by atoms with Gasteiger partial charge in [-0.2, -0.15) is 0 Å². The van der Waals surface area contributed by atoms with Crippen LogP contribution in [-0.4, -0.2) is 22.7 Å². The molecule has 1 unspecified atom stereocenters. The van der Waals surface area contributed by atoms with Gasteiger partial charge in [-0.1, -0.05) is 6.07 Å². The van der Waals surface area contributed by atoms with Crippen molar-refractivity contribution < 1.29 is 4.39 Å². The highest BCUT2D eigenvalue weighted by atomic mass is 35.5. The van der Waals surface area contributed by atoms with Crippen molar-refractivity contribution in [2.45, 2.75) is 31.6 Å². The molecule has 1 aliphatic rings. The summed E-state index contributed by atoms with van der Waals surface area (Å²) in [5.74, 6) is 0.440. The Kier molecular flexibility index (Phi) is 3.35. The molecule has 0 radical (unpaired) electrons. The Labute approximate surface area is 116 Å². The van der Waals surface area contributed by atoms with Gasteiger partial charge in [0.15, 0.2) is 5.82 Å². The van der Waals surface area contributed by atoms with Crippen molar-refractivity contribution in [2.24, 2.45) is 0 Å². The van der Waals surface area contributed by atoms with E-state index in [0.717, 1.165) is 37.3 Å². The molecule has 1 aromatic carbocycles. The van der Waals surface area contributed by atoms with E-state index in [1.807, 2.05) is 17.7 Å². The zero-order valence-corrected chi connectivity index (χ0v) is 11.7. The van der Waals surface area contributed by atoms with Crippen molar-refractivity contribution in [3.63, 3.8) is 0 Å². The van der Waals surface area contributed by atoms with Crippen molar-refractivity contribution in [1.82, 2.24) is 9.66 Å². The number of benzene rings is 1. The lowest BCUT2D eigenvalue weighted by Crippen LogP contribution is -2.40. The van der Waals surface area contributed by atoms with Crippen LogP contribution in [0.1, 0.15) is 37.4 Å². The third-order valence-electron chi connectivity index (χ3n) is 3.61. The number of para-hydroxylation sites is 1. The van der Waals surface area contributed by atoms with Crippen LogP contribution in [0, 0.1) is 5.82 Å². The van der Waals surface area contributed by atoms with E-state index in [2.05, 4.69) is 9.99 Å². The van der Waals surface area contributed by atoms with Crippen LogP contribution in [0.2, 0.25) is 0 Å². The third-order valence-corrected chi connectivity index (χ3v) is 3.80. The number of alkyl halides is 1. The lowest BCUT2D eigenvalue weighted by Gasteiger charge is -2.31. The summed E-state index contributed by atoms with van der Waals surface area (Å²) in [5.41, 5.74) is 1.22. The Balaban J connectivity index is 2.18. The van der Waals surface area contributed by atoms with Crippen LogP contribution in [-0.2, 0) is 0 Å². The monoisotopic (exact) mass is 281 g/mol. The van der Waals surface area contributed by atoms with Gasteiger partial charge in [-0.15, -0.1) is 11.6 Å². The van der Waals surface area contributed by atoms with Crippen LogP contribution in [0.4, 0.5) is 4.39 Å². The van der Waals surface area contributed by atoms with Gasteiger partial charge in [0.2, 0.25) is 0 Å². The maximum Gasteiger partial charge on any atom is 0.151 e. The van der Waals surface area contributed by atoms with Gasteiger partial charge in [0, 0.05) is 13.1 Å². The fraction of sp³-hybridized carbons (Fsp3) is 0.500. The Morgan fingerprint density at radius 2 is 2.00 bits per heavy atom. The predicted molar refractivity (Wildman–Crippen MR) is 75.8 cm³/mol. The molecule has 0 bridgehead atoms. The van der Waals surface area contributed by atoms with Crippen molar-refractivity contribution in [3.8, 4) is 0 Å². The third kappa shape index (κ3) is 2.18. The van der Waals surface area contributed by atoms with Crippen LogP contribution in [0.5, 0.6) is 0 Å². The topological polar surface area (TPSA) is 21.1 Å². The van der Waals surface area contributed by atoms with E-state index in [-0.39, 0.29) is 11.2 Å². The minimum absolute atomic E-state index is 0.242. The molecule has 19 heavy (non-hydrogen) atoms. The second-order valence-electron chi connectivity index (χ2n) is 5.02. The van der Waals surface area contributed by atoms with Crippen molar-refractivity contribution in [1.29, 1.82) is 0 Å². The number of nitrogens with zero attached hydrogens (tertiary/aromatic N) is 3. The van der Waals surface area contributed by atoms with Crippen molar-refractivity contribution >= 4 is 22.6 Å². The van der Waals surface area contributed by atoms with Crippen LogP contribution in [0.15, 0.2) is 18.2 Å². The highest BCUT2D eigenvalue weighted by Crippen LogP contribution is 2.27. The molecule has 1 aliphatic heterocycles. The summed E-state index contributed by atoms with van der Waals surface area (Å²) < 4.78 is 15.9. The summed E-state index contributed by atoms with van der Waals surface area (Å²) in [5, 5.41) is 1.99. The molecule has 5 heteroatoms. The molecule has 0 N–H and O–H groups in total. The van der Waals surface area contributed by atoms with E-state index in [4.69, 9.17) is 11.6 Å². The van der Waals surface area contributed by atoms with Crippen LogP contribution >= 0.6 is 11.6 Å². The molecule has 1 fully saturated rings. The van der Waals surface area contributed by atoms with E-state index in [0.29, 0.717) is 5.52 Å². The number of halogens is 2. The summed E-state index contributed by atoms with van der Waals surface area (Å²) in [6.45, 7) is 3.82. The molecule has 102 valence electrons. The molecule has 1 saturated heterocycles. The number of piperidine rings is 1. The fourth-order valence-electron chi connectivity index (χ4n) is 2.70. The highest BCUT2D eigenvalue weighted by molar-refractivity contribution is 6.20. The lowest BCUT2D eigenvalue weighted by molar-refractivity contribution is 0.475. The zero-order valence-electron chi connectivity index (χ0n) is 10.9. The molecular formula is C14H17ClFN3. The Hall–Kier alpha value is -1.29. The molecule has 0 spiro atoms. The number of fused-ring (bicyclic) bond motifs is 1. The largest absolute Gasteiger partial charge is 0.311 e. The second-order valence-corrected chi connectivity index (χ2v) is 5.67. The minimum atomic E-state index is -0.285. The number of hydrogen-bond donors (Lipinski definition) is 0. The summed E-state index contributed by atoms with van der Waals surface area (Å²) in [7, 11) is 0. The first-order valence-electron chi connectivity index (χ1n) is 6.74. The first-order valence-corrected chi connectivity index (χ1v) is 7.18. The molecule has 3 rings (SSSR count). The minimum Gasteiger partial charge on any atom is -0.311 e. The average molecular weight is 282 g/mol. The van der Waals surface area contributed by atoms with E-state index in [1.54, 1.807) is 6.07 Å². The average Bonchev–Trinajstić information content (AvgIpc) is 2.81. The van der Waals surface area contributed by atoms with Crippen LogP contribution < -0.4 is 5.01 Å². The number of aromatic nitrogens is 2. The Morgan fingerprint density at radius 3 is 2.68 bits per heavy atom. The van der Waals surface area contributed by atoms with Gasteiger partial charge in [-0.05, 0) is 38.3 Å². The van der Waals surface area contributed by atoms with E-state index in [9.17, 15) is 4.39 Å². The normalized spacial score (nSPS) is 17.9. The Morgan fingerprint density at radius 1 is 1.26 bits per heavy atom. The van der Waals surface area contributed by atoms with E-state index in [1.165, 1.54) is 12.5 Å². The summed E-state index contributed by atoms with van der Waals surface area (Å²) in [6, 6.07) is 5.07. The first kappa shape index (κ1) is 12.7. The first-order chi connectivity index (χ1) is 9.18. The summed E-state index contributed by atoms with van der Waals surface area (Å²) in [4.78, 5) is 4.40. The fourth-order valence-corrected chi connectivity index (χ4v) is 2.84. The van der Waals surface area contributed by atoms with Gasteiger partial charge in [-0.25, -0.2) is 14.1 Å². The quantitative estimate of drug-likeness (QED) is 0.784. The number of imidazole rings is 1. The molecule has 1 atom stereocenters. The van der Waals surface area contributed by atoms with Crippen molar-refractivity contribution in [3.05, 3.63) is 29.8 Å². The predicted octanol–water partition coefficient (Wildman–Crippen LogP) is 3.60. The van der Waals surface area contributed by atoms with Gasteiger partial charge in [0.1, 0.15) is 11.3 Å². The van der Waals surface area contributed by atoms with E-state index >= 15 is 0 Å². The molecule has 2 aromatic rings. The van der Waals surface area contributed by atoms with Gasteiger partial charge in [0.05, 0.1) is 10.9 Å².